The molecular formula is C21H21N3O4S. The lowest BCUT2D eigenvalue weighted by atomic mass is 10.1. The molecule has 0 saturated heterocycles. The van der Waals surface area contributed by atoms with Crippen molar-refractivity contribution in [2.45, 2.75) is 25.8 Å². The molecule has 1 atom stereocenters. The summed E-state index contributed by atoms with van der Waals surface area (Å²) in [4.78, 5) is 11.1. The minimum Gasteiger partial charge on any atom is -0.453 e. The van der Waals surface area contributed by atoms with Gasteiger partial charge in [-0.15, -0.1) is 0 Å². The summed E-state index contributed by atoms with van der Waals surface area (Å²) >= 11 is 0. The standard InChI is InChI=1S/C21H21N3O4S/c1-2-15-11-13-22-21(23-15)18(12-14-29(25,26)27)24-16-7-3-5-9-19(16)28-20-10-6-4-8-17(20)24/h3-11,13,18H,2,12,14H2,1H3,(H,25,26,27). The predicted molar refractivity (Wildman–Crippen MR) is 110 cm³/mol. The van der Waals surface area contributed by atoms with Crippen LogP contribution in [0.5, 0.6) is 11.5 Å². The fourth-order valence-electron chi connectivity index (χ4n) is 3.47. The summed E-state index contributed by atoms with van der Waals surface area (Å²) in [7, 11) is -4.15. The molecular weight excluding hydrogens is 390 g/mol. The third-order valence-corrected chi connectivity index (χ3v) is 5.57. The van der Waals surface area contributed by atoms with E-state index >= 15 is 0 Å². The van der Waals surface area contributed by atoms with Gasteiger partial charge in [-0.05, 0) is 43.2 Å². The molecule has 0 spiro atoms. The molecule has 0 fully saturated rings. The van der Waals surface area contributed by atoms with Crippen LogP contribution in [-0.4, -0.2) is 28.7 Å². The number of benzene rings is 2. The van der Waals surface area contributed by atoms with Gasteiger partial charge in [0.2, 0.25) is 0 Å². The largest absolute Gasteiger partial charge is 0.453 e. The molecule has 0 amide bonds. The van der Waals surface area contributed by atoms with Gasteiger partial charge in [0.05, 0.1) is 23.2 Å². The zero-order valence-electron chi connectivity index (χ0n) is 15.9. The molecule has 1 aromatic heterocycles. The number of para-hydroxylation sites is 4. The minimum atomic E-state index is -4.15. The maximum absolute atomic E-state index is 11.5. The summed E-state index contributed by atoms with van der Waals surface area (Å²) in [6.45, 7) is 2.00. The van der Waals surface area contributed by atoms with E-state index in [1.807, 2.05) is 66.4 Å². The van der Waals surface area contributed by atoms with Crippen molar-refractivity contribution in [1.29, 1.82) is 0 Å². The smallest absolute Gasteiger partial charge is 0.264 e. The first-order valence-corrected chi connectivity index (χ1v) is 11.0. The molecule has 8 heteroatoms. The van der Waals surface area contributed by atoms with E-state index in [2.05, 4.69) is 9.97 Å². The van der Waals surface area contributed by atoms with Gasteiger partial charge in [0.15, 0.2) is 17.3 Å². The lowest BCUT2D eigenvalue weighted by Crippen LogP contribution is -2.30. The molecule has 29 heavy (non-hydrogen) atoms. The van der Waals surface area contributed by atoms with Crippen LogP contribution < -0.4 is 9.64 Å². The second-order valence-corrected chi connectivity index (χ2v) is 8.33. The van der Waals surface area contributed by atoms with Crippen molar-refractivity contribution in [2.75, 3.05) is 10.7 Å². The summed E-state index contributed by atoms with van der Waals surface area (Å²) < 4.78 is 38.5. The zero-order valence-corrected chi connectivity index (χ0v) is 16.7. The van der Waals surface area contributed by atoms with Crippen LogP contribution in [0.1, 0.15) is 30.9 Å². The highest BCUT2D eigenvalue weighted by Crippen LogP contribution is 2.50. The van der Waals surface area contributed by atoms with Crippen molar-refractivity contribution < 1.29 is 17.7 Å². The molecule has 1 aliphatic heterocycles. The van der Waals surface area contributed by atoms with Crippen molar-refractivity contribution in [2.24, 2.45) is 0 Å². The number of aromatic nitrogens is 2. The van der Waals surface area contributed by atoms with Gasteiger partial charge in [0.25, 0.3) is 10.1 Å². The molecule has 2 heterocycles. The number of aryl methyl sites for hydroxylation is 1. The van der Waals surface area contributed by atoms with Crippen LogP contribution >= 0.6 is 0 Å². The van der Waals surface area contributed by atoms with Crippen molar-refractivity contribution >= 4 is 21.5 Å². The van der Waals surface area contributed by atoms with Crippen LogP contribution in [0.2, 0.25) is 0 Å². The molecule has 1 unspecified atom stereocenters. The quantitative estimate of drug-likeness (QED) is 0.605. The highest BCUT2D eigenvalue weighted by molar-refractivity contribution is 7.85. The second-order valence-electron chi connectivity index (χ2n) is 6.76. The Morgan fingerprint density at radius 1 is 1.03 bits per heavy atom. The maximum atomic E-state index is 11.5. The highest BCUT2D eigenvalue weighted by Gasteiger charge is 2.33. The van der Waals surface area contributed by atoms with Crippen molar-refractivity contribution in [3.05, 3.63) is 72.3 Å². The zero-order chi connectivity index (χ0) is 20.4. The first kappa shape index (κ1) is 19.4. The van der Waals surface area contributed by atoms with Gasteiger partial charge in [-0.2, -0.15) is 8.42 Å². The maximum Gasteiger partial charge on any atom is 0.264 e. The Morgan fingerprint density at radius 2 is 1.66 bits per heavy atom. The van der Waals surface area contributed by atoms with Gasteiger partial charge in [0, 0.05) is 11.9 Å². The SMILES string of the molecule is CCc1ccnc(C(CCS(=O)(=O)O)N2c3ccccc3Oc3ccccc32)n1. The summed E-state index contributed by atoms with van der Waals surface area (Å²) in [5, 5.41) is 0. The van der Waals surface area contributed by atoms with E-state index in [1.54, 1.807) is 6.20 Å². The van der Waals surface area contributed by atoms with E-state index in [9.17, 15) is 13.0 Å². The van der Waals surface area contributed by atoms with Gasteiger partial charge in [-0.25, -0.2) is 9.97 Å². The molecule has 1 N–H and O–H groups in total. The molecule has 150 valence electrons. The number of hydrogen-bond acceptors (Lipinski definition) is 6. The van der Waals surface area contributed by atoms with Crippen LogP contribution in [0, 0.1) is 0 Å². The fourth-order valence-corrected chi connectivity index (χ4v) is 3.99. The number of hydrogen-bond donors (Lipinski definition) is 1. The predicted octanol–water partition coefficient (Wildman–Crippen LogP) is 4.30. The van der Waals surface area contributed by atoms with Gasteiger partial charge in [-0.1, -0.05) is 31.2 Å². The summed E-state index contributed by atoms with van der Waals surface area (Å²) in [6, 6.07) is 16.4. The Balaban J connectivity index is 1.87. The Bertz CT molecular complexity index is 1090. The minimum absolute atomic E-state index is 0.120. The molecule has 0 saturated carbocycles. The van der Waals surface area contributed by atoms with Crippen LogP contribution in [0.3, 0.4) is 0 Å². The van der Waals surface area contributed by atoms with Crippen molar-refractivity contribution in [1.82, 2.24) is 9.97 Å². The lowest BCUT2D eigenvalue weighted by Gasteiger charge is -2.37. The first-order chi connectivity index (χ1) is 14.0. The monoisotopic (exact) mass is 411 g/mol. The van der Waals surface area contributed by atoms with Crippen LogP contribution in [0.15, 0.2) is 60.8 Å². The van der Waals surface area contributed by atoms with Crippen LogP contribution in [0.25, 0.3) is 0 Å². The third kappa shape index (κ3) is 4.08. The number of ether oxygens (including phenoxy) is 1. The average molecular weight is 411 g/mol. The normalized spacial score (nSPS) is 13.9. The van der Waals surface area contributed by atoms with E-state index < -0.39 is 21.9 Å². The first-order valence-electron chi connectivity index (χ1n) is 9.38. The Kier molecular flexibility index (Phi) is 5.21. The van der Waals surface area contributed by atoms with E-state index in [0.29, 0.717) is 17.3 Å². The fraction of sp³-hybridized carbons (Fsp3) is 0.238. The van der Waals surface area contributed by atoms with Gasteiger partial charge in [0.1, 0.15) is 0 Å². The number of nitrogens with zero attached hydrogens (tertiary/aromatic N) is 3. The number of fused-ring (bicyclic) bond motifs is 2. The van der Waals surface area contributed by atoms with Gasteiger partial charge >= 0.3 is 0 Å². The van der Waals surface area contributed by atoms with E-state index in [-0.39, 0.29) is 6.42 Å². The van der Waals surface area contributed by atoms with Crippen LogP contribution in [-0.2, 0) is 16.5 Å². The van der Waals surface area contributed by atoms with E-state index in [0.717, 1.165) is 23.5 Å². The highest BCUT2D eigenvalue weighted by atomic mass is 32.2. The number of anilines is 2. The van der Waals surface area contributed by atoms with Crippen molar-refractivity contribution in [3.63, 3.8) is 0 Å². The van der Waals surface area contributed by atoms with Gasteiger partial charge < -0.3 is 9.64 Å². The molecule has 1 aliphatic rings. The van der Waals surface area contributed by atoms with Crippen molar-refractivity contribution in [3.8, 4) is 11.5 Å². The Hall–Kier alpha value is -2.97. The summed E-state index contributed by atoms with van der Waals surface area (Å²) in [5.41, 5.74) is 2.44. The molecule has 0 radical (unpaired) electrons. The van der Waals surface area contributed by atoms with E-state index in [4.69, 9.17) is 4.74 Å². The van der Waals surface area contributed by atoms with Gasteiger partial charge in [-0.3, -0.25) is 4.55 Å². The topological polar surface area (TPSA) is 92.6 Å². The Morgan fingerprint density at radius 3 is 2.24 bits per heavy atom. The Labute approximate surface area is 169 Å². The molecule has 7 nitrogen and oxygen atoms in total. The molecule has 0 aliphatic carbocycles. The van der Waals surface area contributed by atoms with E-state index in [1.165, 1.54) is 0 Å². The lowest BCUT2D eigenvalue weighted by molar-refractivity contribution is 0.458. The second kappa shape index (κ2) is 7.81. The molecule has 3 aromatic rings. The third-order valence-electron chi connectivity index (χ3n) is 4.82. The molecule has 2 aromatic carbocycles. The number of rotatable bonds is 6. The summed E-state index contributed by atoms with van der Waals surface area (Å²) in [6.07, 6.45) is 2.53. The van der Waals surface area contributed by atoms with Crippen LogP contribution in [0.4, 0.5) is 11.4 Å². The molecule has 0 bridgehead atoms. The average Bonchev–Trinajstić information content (AvgIpc) is 2.72. The summed E-state index contributed by atoms with van der Waals surface area (Å²) in [5.74, 6) is 1.42. The molecule has 4 rings (SSSR count).